The van der Waals surface area contributed by atoms with Gasteiger partial charge in [0.25, 0.3) is 0 Å². The van der Waals surface area contributed by atoms with Crippen LogP contribution in [0.4, 0.5) is 11.5 Å². The molecule has 5 heteroatoms. The van der Waals surface area contributed by atoms with E-state index in [0.717, 1.165) is 22.6 Å². The van der Waals surface area contributed by atoms with Gasteiger partial charge in [-0.05, 0) is 24.3 Å². The largest absolute Gasteiger partial charge is 0.399 e. The monoisotopic (exact) mass is 286 g/mol. The van der Waals surface area contributed by atoms with Crippen LogP contribution in [0, 0.1) is 0 Å². The third kappa shape index (κ3) is 2.60. The molecule has 0 aliphatic rings. The highest BCUT2D eigenvalue weighted by atomic mass is 35.5. The summed E-state index contributed by atoms with van der Waals surface area (Å²) in [6.45, 7) is 0. The molecule has 0 spiro atoms. The van der Waals surface area contributed by atoms with Gasteiger partial charge in [-0.1, -0.05) is 30.3 Å². The van der Waals surface area contributed by atoms with E-state index in [1.54, 1.807) is 4.68 Å². The first-order valence-electron chi connectivity index (χ1n) is 6.01. The maximum absolute atomic E-state index is 6.02. The molecule has 0 amide bonds. The molecule has 0 radical (unpaired) electrons. The fourth-order valence-corrected chi connectivity index (χ4v) is 1.97. The lowest BCUT2D eigenvalue weighted by atomic mass is 10.1. The number of hydrogen-bond donors (Lipinski definition) is 2. The number of nitrogens with zero attached hydrogens (tertiary/aromatic N) is 2. The first kappa shape index (κ1) is 14.0. The second-order valence-corrected chi connectivity index (χ2v) is 4.32. The molecule has 102 valence electrons. The Morgan fingerprint density at radius 3 is 2.15 bits per heavy atom. The Labute approximate surface area is 123 Å². The van der Waals surface area contributed by atoms with Crippen molar-refractivity contribution in [3.63, 3.8) is 0 Å². The zero-order chi connectivity index (χ0) is 13.2. The van der Waals surface area contributed by atoms with Gasteiger partial charge in [-0.2, -0.15) is 5.10 Å². The van der Waals surface area contributed by atoms with Crippen molar-refractivity contribution in [3.05, 3.63) is 60.7 Å². The van der Waals surface area contributed by atoms with Crippen LogP contribution in [0.15, 0.2) is 60.7 Å². The molecule has 3 aromatic rings. The highest BCUT2D eigenvalue weighted by Gasteiger charge is 2.08. The lowest BCUT2D eigenvalue weighted by Crippen LogP contribution is -2.01. The Balaban J connectivity index is 0.00000147. The summed E-state index contributed by atoms with van der Waals surface area (Å²) in [5.74, 6) is 0.609. The summed E-state index contributed by atoms with van der Waals surface area (Å²) in [5, 5.41) is 4.53. The maximum Gasteiger partial charge on any atom is 0.127 e. The summed E-state index contributed by atoms with van der Waals surface area (Å²) in [6.07, 6.45) is 0. The van der Waals surface area contributed by atoms with Crippen molar-refractivity contribution in [2.24, 2.45) is 0 Å². The van der Waals surface area contributed by atoms with Gasteiger partial charge in [0.1, 0.15) is 5.82 Å². The van der Waals surface area contributed by atoms with Gasteiger partial charge < -0.3 is 11.5 Å². The van der Waals surface area contributed by atoms with Crippen molar-refractivity contribution in [1.82, 2.24) is 9.78 Å². The van der Waals surface area contributed by atoms with Crippen molar-refractivity contribution in [3.8, 4) is 16.9 Å². The average Bonchev–Trinajstić information content (AvgIpc) is 2.83. The predicted molar refractivity (Wildman–Crippen MR) is 85.1 cm³/mol. The smallest absolute Gasteiger partial charge is 0.127 e. The van der Waals surface area contributed by atoms with E-state index in [1.165, 1.54) is 0 Å². The number of anilines is 2. The Hall–Kier alpha value is -2.46. The SMILES string of the molecule is Cl.Nc1ccc(-c2cc(N)n(-c3ccccc3)n2)cc1. The molecule has 3 rings (SSSR count). The molecule has 0 aliphatic heterocycles. The summed E-state index contributed by atoms with van der Waals surface area (Å²) in [7, 11) is 0. The molecule has 20 heavy (non-hydrogen) atoms. The van der Waals surface area contributed by atoms with Crippen molar-refractivity contribution in [2.45, 2.75) is 0 Å². The van der Waals surface area contributed by atoms with E-state index in [-0.39, 0.29) is 12.4 Å². The lowest BCUT2D eigenvalue weighted by Gasteiger charge is -2.02. The zero-order valence-electron chi connectivity index (χ0n) is 10.7. The Kier molecular flexibility index (Phi) is 3.96. The normalized spacial score (nSPS) is 10.0. The number of aromatic nitrogens is 2. The highest BCUT2D eigenvalue weighted by Crippen LogP contribution is 2.23. The quantitative estimate of drug-likeness (QED) is 0.711. The minimum atomic E-state index is 0. The molecule has 4 nitrogen and oxygen atoms in total. The molecule has 0 bridgehead atoms. The van der Waals surface area contributed by atoms with E-state index >= 15 is 0 Å². The second-order valence-electron chi connectivity index (χ2n) is 4.32. The van der Waals surface area contributed by atoms with Gasteiger partial charge in [0.2, 0.25) is 0 Å². The summed E-state index contributed by atoms with van der Waals surface area (Å²) in [5.41, 5.74) is 15.2. The van der Waals surface area contributed by atoms with Gasteiger partial charge in [0.05, 0.1) is 11.4 Å². The first-order valence-corrected chi connectivity index (χ1v) is 6.01. The fraction of sp³-hybridized carbons (Fsp3) is 0. The van der Waals surface area contributed by atoms with Crippen molar-refractivity contribution >= 4 is 23.9 Å². The number of benzene rings is 2. The van der Waals surface area contributed by atoms with E-state index in [1.807, 2.05) is 60.7 Å². The van der Waals surface area contributed by atoms with Gasteiger partial charge in [-0.15, -0.1) is 12.4 Å². The van der Waals surface area contributed by atoms with Crippen LogP contribution in [0.2, 0.25) is 0 Å². The minimum absolute atomic E-state index is 0. The van der Waals surface area contributed by atoms with E-state index in [2.05, 4.69) is 5.10 Å². The van der Waals surface area contributed by atoms with Crippen LogP contribution in [-0.4, -0.2) is 9.78 Å². The number of nitrogen functional groups attached to an aromatic ring is 2. The minimum Gasteiger partial charge on any atom is -0.399 e. The molecular weight excluding hydrogens is 272 g/mol. The summed E-state index contributed by atoms with van der Waals surface area (Å²) < 4.78 is 1.73. The molecule has 1 heterocycles. The van der Waals surface area contributed by atoms with Crippen LogP contribution < -0.4 is 11.5 Å². The molecule has 2 aromatic carbocycles. The molecule has 0 aliphatic carbocycles. The Bertz CT molecular complexity index is 690. The Morgan fingerprint density at radius 1 is 0.850 bits per heavy atom. The van der Waals surface area contributed by atoms with Crippen LogP contribution >= 0.6 is 12.4 Å². The Morgan fingerprint density at radius 2 is 1.50 bits per heavy atom. The average molecular weight is 287 g/mol. The van der Waals surface area contributed by atoms with Crippen molar-refractivity contribution < 1.29 is 0 Å². The zero-order valence-corrected chi connectivity index (χ0v) is 11.5. The summed E-state index contributed by atoms with van der Waals surface area (Å²) >= 11 is 0. The van der Waals surface area contributed by atoms with Crippen LogP contribution in [-0.2, 0) is 0 Å². The van der Waals surface area contributed by atoms with Crippen LogP contribution in [0.5, 0.6) is 0 Å². The number of halogens is 1. The van der Waals surface area contributed by atoms with Gasteiger partial charge in [0, 0.05) is 17.3 Å². The number of rotatable bonds is 2. The van der Waals surface area contributed by atoms with Gasteiger partial charge in [-0.3, -0.25) is 0 Å². The molecule has 4 N–H and O–H groups in total. The maximum atomic E-state index is 6.02. The number of nitrogens with two attached hydrogens (primary N) is 2. The molecule has 0 saturated heterocycles. The van der Waals surface area contributed by atoms with Gasteiger partial charge in [-0.25, -0.2) is 4.68 Å². The summed E-state index contributed by atoms with van der Waals surface area (Å²) in [4.78, 5) is 0. The third-order valence-corrected chi connectivity index (χ3v) is 2.94. The van der Waals surface area contributed by atoms with Gasteiger partial charge >= 0.3 is 0 Å². The third-order valence-electron chi connectivity index (χ3n) is 2.94. The topological polar surface area (TPSA) is 69.9 Å². The number of para-hydroxylation sites is 1. The van der Waals surface area contributed by atoms with Crippen molar-refractivity contribution in [2.75, 3.05) is 11.5 Å². The molecule has 0 saturated carbocycles. The molecule has 1 aromatic heterocycles. The second kappa shape index (κ2) is 5.67. The van der Waals surface area contributed by atoms with Gasteiger partial charge in [0.15, 0.2) is 0 Å². The van der Waals surface area contributed by atoms with Crippen molar-refractivity contribution in [1.29, 1.82) is 0 Å². The highest BCUT2D eigenvalue weighted by molar-refractivity contribution is 5.85. The molecule has 0 unspecified atom stereocenters. The first-order chi connectivity index (χ1) is 9.24. The van der Waals surface area contributed by atoms with Crippen LogP contribution in [0.1, 0.15) is 0 Å². The summed E-state index contributed by atoms with van der Waals surface area (Å²) in [6, 6.07) is 19.3. The molecule has 0 atom stereocenters. The van der Waals surface area contributed by atoms with E-state index in [4.69, 9.17) is 11.5 Å². The molecule has 0 fully saturated rings. The molecular formula is C15H15ClN4. The standard InChI is InChI=1S/C15H14N4.ClH/c16-12-8-6-11(7-9-12)14-10-15(17)19(18-14)13-4-2-1-3-5-13;/h1-10H,16-17H2;1H. The lowest BCUT2D eigenvalue weighted by molar-refractivity contribution is 0.895. The van der Waals surface area contributed by atoms with E-state index < -0.39 is 0 Å². The van der Waals surface area contributed by atoms with Crippen LogP contribution in [0.3, 0.4) is 0 Å². The van der Waals surface area contributed by atoms with Crippen LogP contribution in [0.25, 0.3) is 16.9 Å². The van der Waals surface area contributed by atoms with E-state index in [9.17, 15) is 0 Å². The van der Waals surface area contributed by atoms with E-state index in [0.29, 0.717) is 5.82 Å². The fourth-order valence-electron chi connectivity index (χ4n) is 1.97. The number of hydrogen-bond acceptors (Lipinski definition) is 3. The predicted octanol–water partition coefficient (Wildman–Crippen LogP) is 3.13.